The zero-order valence-electron chi connectivity index (χ0n) is 16.5. The van der Waals surface area contributed by atoms with Gasteiger partial charge in [-0.2, -0.15) is 0 Å². The minimum atomic E-state index is -0.223. The third-order valence-corrected chi connectivity index (χ3v) is 5.63. The number of carbonyl (C=O) groups excluding carboxylic acids is 2. The third-order valence-electron chi connectivity index (χ3n) is 5.63. The van der Waals surface area contributed by atoms with Crippen molar-refractivity contribution in [2.24, 2.45) is 11.8 Å². The Balaban J connectivity index is 1.51. The lowest BCUT2D eigenvalue weighted by Gasteiger charge is -2.19. The molecule has 1 aliphatic heterocycles. The first kappa shape index (κ1) is 19.4. The summed E-state index contributed by atoms with van der Waals surface area (Å²) in [6.45, 7) is 5.81. The minimum Gasteiger partial charge on any atom is -0.383 e. The van der Waals surface area contributed by atoms with Gasteiger partial charge in [-0.05, 0) is 24.8 Å². The van der Waals surface area contributed by atoms with Gasteiger partial charge in [0, 0.05) is 44.9 Å². The number of hydrogen-bond donors (Lipinski definition) is 3. The van der Waals surface area contributed by atoms with E-state index in [1.54, 1.807) is 19.5 Å². The number of carbonyl (C=O) groups is 2. The fourth-order valence-electron chi connectivity index (χ4n) is 3.98. The number of nitrogens with zero attached hydrogens (tertiary/aromatic N) is 3. The van der Waals surface area contributed by atoms with Gasteiger partial charge >= 0.3 is 0 Å². The van der Waals surface area contributed by atoms with E-state index in [9.17, 15) is 9.59 Å². The number of hydrogen-bond acceptors (Lipinski definition) is 6. The predicted molar refractivity (Wildman–Crippen MR) is 108 cm³/mol. The van der Waals surface area contributed by atoms with Gasteiger partial charge in [0.1, 0.15) is 11.3 Å². The molecule has 2 aliphatic rings. The smallest absolute Gasteiger partial charge is 0.255 e. The Bertz CT molecular complexity index is 922. The van der Waals surface area contributed by atoms with Crippen molar-refractivity contribution in [3.8, 4) is 0 Å². The number of ether oxygens (including phenoxy) is 1. The molecule has 0 aromatic carbocycles. The minimum absolute atomic E-state index is 0.0397. The van der Waals surface area contributed by atoms with E-state index in [1.165, 1.54) is 18.9 Å². The van der Waals surface area contributed by atoms with Crippen molar-refractivity contribution < 1.29 is 14.3 Å². The fourth-order valence-corrected chi connectivity index (χ4v) is 3.98. The number of aromatic nitrogens is 3. The number of nitrogens with one attached hydrogen (secondary N) is 3. The Labute approximate surface area is 168 Å². The standard InChI is InChI=1S/C20H26N6O3/c1-3-17(27)26-10-14(12-4-5-12)15(11-26)24-16-9-23-19-18(25-16)13(8-22-19)20(28)21-6-7-29-2/h3,8-9,12,14-15H,1,4-7,10-11H2,2H3,(H,21,28)(H,22,23)(H,24,25)/t14-,15-/m1/s1. The third kappa shape index (κ3) is 4.09. The first-order valence-electron chi connectivity index (χ1n) is 9.90. The second-order valence-corrected chi connectivity index (χ2v) is 7.60. The van der Waals surface area contributed by atoms with Crippen molar-refractivity contribution in [2.75, 3.05) is 38.7 Å². The van der Waals surface area contributed by atoms with E-state index in [2.05, 4.69) is 32.2 Å². The molecule has 2 amide bonds. The SMILES string of the molecule is C=CC(=O)N1C[C@H](C2CC2)[C@H](Nc2cnc3[nH]cc(C(=O)NCCOC)c3n2)C1. The maximum Gasteiger partial charge on any atom is 0.255 e. The summed E-state index contributed by atoms with van der Waals surface area (Å²) in [4.78, 5) is 38.3. The van der Waals surface area contributed by atoms with E-state index < -0.39 is 0 Å². The van der Waals surface area contributed by atoms with E-state index >= 15 is 0 Å². The maximum absolute atomic E-state index is 12.4. The normalized spacial score (nSPS) is 21.3. The zero-order chi connectivity index (χ0) is 20.4. The molecule has 0 bridgehead atoms. The van der Waals surface area contributed by atoms with E-state index in [4.69, 9.17) is 4.74 Å². The average Bonchev–Trinajstić information content (AvgIpc) is 3.35. The molecule has 29 heavy (non-hydrogen) atoms. The Morgan fingerprint density at radius 2 is 2.24 bits per heavy atom. The second kappa shape index (κ2) is 8.20. The first-order valence-corrected chi connectivity index (χ1v) is 9.90. The highest BCUT2D eigenvalue weighted by molar-refractivity contribution is 6.04. The van der Waals surface area contributed by atoms with Crippen LogP contribution in [-0.4, -0.2) is 71.1 Å². The number of aromatic amines is 1. The lowest BCUT2D eigenvalue weighted by Crippen LogP contribution is -2.31. The van der Waals surface area contributed by atoms with Gasteiger partial charge in [0.15, 0.2) is 5.65 Å². The van der Waals surface area contributed by atoms with E-state index in [-0.39, 0.29) is 17.9 Å². The fraction of sp³-hybridized carbons (Fsp3) is 0.500. The van der Waals surface area contributed by atoms with Gasteiger partial charge < -0.3 is 25.3 Å². The Morgan fingerprint density at radius 1 is 1.41 bits per heavy atom. The van der Waals surface area contributed by atoms with Crippen molar-refractivity contribution in [1.82, 2.24) is 25.2 Å². The molecule has 1 saturated carbocycles. The van der Waals surface area contributed by atoms with Crippen LogP contribution in [-0.2, 0) is 9.53 Å². The molecular formula is C20H26N6O3. The molecule has 2 atom stereocenters. The number of likely N-dealkylation sites (tertiary alicyclic amines) is 1. The summed E-state index contributed by atoms with van der Waals surface area (Å²) in [6, 6.07) is 0.107. The van der Waals surface area contributed by atoms with Crippen LogP contribution in [0.4, 0.5) is 5.82 Å². The van der Waals surface area contributed by atoms with Gasteiger partial charge in [-0.3, -0.25) is 9.59 Å². The molecule has 4 rings (SSSR count). The molecule has 154 valence electrons. The number of anilines is 1. The molecule has 0 unspecified atom stereocenters. The molecule has 1 aliphatic carbocycles. The van der Waals surface area contributed by atoms with Crippen LogP contribution in [0.3, 0.4) is 0 Å². The first-order chi connectivity index (χ1) is 14.1. The van der Waals surface area contributed by atoms with Gasteiger partial charge in [0.25, 0.3) is 5.91 Å². The van der Waals surface area contributed by atoms with Crippen molar-refractivity contribution in [3.05, 3.63) is 30.6 Å². The molecule has 0 radical (unpaired) electrons. The summed E-state index contributed by atoms with van der Waals surface area (Å²) in [5.74, 6) is 1.37. The van der Waals surface area contributed by atoms with Gasteiger partial charge in [-0.15, -0.1) is 0 Å². The van der Waals surface area contributed by atoms with Crippen molar-refractivity contribution in [2.45, 2.75) is 18.9 Å². The van der Waals surface area contributed by atoms with Crippen LogP contribution in [0.5, 0.6) is 0 Å². The lowest BCUT2D eigenvalue weighted by atomic mass is 9.98. The molecule has 3 N–H and O–H groups in total. The summed E-state index contributed by atoms with van der Waals surface area (Å²) in [5.41, 5.74) is 1.52. The maximum atomic E-state index is 12.4. The number of amides is 2. The summed E-state index contributed by atoms with van der Waals surface area (Å²) in [7, 11) is 1.59. The van der Waals surface area contributed by atoms with Crippen LogP contribution in [0.2, 0.25) is 0 Å². The molecule has 9 nitrogen and oxygen atoms in total. The summed E-state index contributed by atoms with van der Waals surface area (Å²) in [6.07, 6.45) is 7.05. The van der Waals surface area contributed by atoms with Crippen LogP contribution in [0, 0.1) is 11.8 Å². The molecule has 0 spiro atoms. The van der Waals surface area contributed by atoms with E-state index in [1.807, 2.05) is 4.90 Å². The molecule has 3 heterocycles. The predicted octanol–water partition coefficient (Wildman–Crippen LogP) is 1.17. The van der Waals surface area contributed by atoms with Crippen molar-refractivity contribution in [1.29, 1.82) is 0 Å². The molecule has 2 aromatic heterocycles. The molecule has 2 fully saturated rings. The van der Waals surface area contributed by atoms with Crippen LogP contribution >= 0.6 is 0 Å². The zero-order valence-corrected chi connectivity index (χ0v) is 16.5. The van der Waals surface area contributed by atoms with Gasteiger partial charge in [0.05, 0.1) is 18.4 Å². The number of H-pyrrole nitrogens is 1. The quantitative estimate of drug-likeness (QED) is 0.455. The van der Waals surface area contributed by atoms with Crippen molar-refractivity contribution >= 4 is 28.8 Å². The van der Waals surface area contributed by atoms with E-state index in [0.717, 1.165) is 6.54 Å². The topological polar surface area (TPSA) is 112 Å². The molecule has 2 aromatic rings. The monoisotopic (exact) mass is 398 g/mol. The van der Waals surface area contributed by atoms with Gasteiger partial charge in [-0.25, -0.2) is 9.97 Å². The molecule has 1 saturated heterocycles. The summed E-state index contributed by atoms with van der Waals surface area (Å²) < 4.78 is 4.96. The second-order valence-electron chi connectivity index (χ2n) is 7.60. The summed E-state index contributed by atoms with van der Waals surface area (Å²) >= 11 is 0. The van der Waals surface area contributed by atoms with E-state index in [0.29, 0.717) is 54.1 Å². The van der Waals surface area contributed by atoms with Gasteiger partial charge in [-0.1, -0.05) is 6.58 Å². The average molecular weight is 398 g/mol. The van der Waals surface area contributed by atoms with Crippen LogP contribution in [0.15, 0.2) is 25.0 Å². The lowest BCUT2D eigenvalue weighted by molar-refractivity contribution is -0.125. The highest BCUT2D eigenvalue weighted by atomic mass is 16.5. The highest BCUT2D eigenvalue weighted by Gasteiger charge is 2.43. The Hall–Kier alpha value is -2.94. The number of rotatable bonds is 8. The number of methoxy groups -OCH3 is 1. The highest BCUT2D eigenvalue weighted by Crippen LogP contribution is 2.42. The summed E-state index contributed by atoms with van der Waals surface area (Å²) in [5, 5.41) is 6.25. The Kier molecular flexibility index (Phi) is 5.48. The van der Waals surface area contributed by atoms with Crippen LogP contribution in [0.1, 0.15) is 23.2 Å². The van der Waals surface area contributed by atoms with Crippen LogP contribution in [0.25, 0.3) is 11.2 Å². The largest absolute Gasteiger partial charge is 0.383 e. The van der Waals surface area contributed by atoms with Crippen LogP contribution < -0.4 is 10.6 Å². The van der Waals surface area contributed by atoms with Crippen molar-refractivity contribution in [3.63, 3.8) is 0 Å². The number of fused-ring (bicyclic) bond motifs is 1. The molecular weight excluding hydrogens is 372 g/mol. The molecule has 9 heteroatoms. The van der Waals surface area contributed by atoms with Gasteiger partial charge in [0.2, 0.25) is 5.91 Å². The Morgan fingerprint density at radius 3 is 2.97 bits per heavy atom.